The van der Waals surface area contributed by atoms with Gasteiger partial charge in [0.25, 0.3) is 0 Å². The summed E-state index contributed by atoms with van der Waals surface area (Å²) >= 11 is 0. The Bertz CT molecular complexity index is 435. The van der Waals surface area contributed by atoms with Crippen molar-refractivity contribution < 1.29 is 0 Å². The van der Waals surface area contributed by atoms with Gasteiger partial charge in [0.1, 0.15) is 5.54 Å². The van der Waals surface area contributed by atoms with Crippen molar-refractivity contribution in [3.05, 3.63) is 30.1 Å². The van der Waals surface area contributed by atoms with Crippen LogP contribution in [0.5, 0.6) is 0 Å². The number of likely N-dealkylation sites (N-methyl/N-ethyl adjacent to an activating group) is 1. The van der Waals surface area contributed by atoms with Crippen LogP contribution in [-0.2, 0) is 6.42 Å². The molecule has 1 aromatic heterocycles. The molecule has 1 aliphatic carbocycles. The molecule has 1 fully saturated rings. The molecular weight excluding hydrogens is 236 g/mol. The Balaban J connectivity index is 1.79. The van der Waals surface area contributed by atoms with Crippen molar-refractivity contribution in [1.82, 2.24) is 15.2 Å². The number of nitriles is 1. The number of pyridine rings is 1. The fourth-order valence-corrected chi connectivity index (χ4v) is 2.28. The number of nitrogens with zero attached hydrogens (tertiary/aromatic N) is 3. The smallest absolute Gasteiger partial charge is 0.116 e. The molecule has 0 bridgehead atoms. The lowest BCUT2D eigenvalue weighted by Crippen LogP contribution is -2.50. The van der Waals surface area contributed by atoms with E-state index in [0.29, 0.717) is 6.04 Å². The van der Waals surface area contributed by atoms with E-state index in [1.165, 1.54) is 18.4 Å². The van der Waals surface area contributed by atoms with E-state index in [2.05, 4.69) is 28.3 Å². The lowest BCUT2D eigenvalue weighted by atomic mass is 10.0. The molecular formula is C15H22N4. The van der Waals surface area contributed by atoms with Gasteiger partial charge in [0.2, 0.25) is 0 Å². The molecule has 0 radical (unpaired) electrons. The maximum absolute atomic E-state index is 9.35. The molecule has 0 aliphatic heterocycles. The third-order valence-corrected chi connectivity index (χ3v) is 3.46. The number of nitrogens with one attached hydrogen (secondary N) is 1. The van der Waals surface area contributed by atoms with Crippen LogP contribution in [0, 0.1) is 11.3 Å². The maximum atomic E-state index is 9.35. The molecule has 1 saturated carbocycles. The first-order valence-corrected chi connectivity index (χ1v) is 6.88. The molecule has 1 aliphatic rings. The van der Waals surface area contributed by atoms with E-state index < -0.39 is 5.54 Å². The summed E-state index contributed by atoms with van der Waals surface area (Å²) in [4.78, 5) is 6.24. The van der Waals surface area contributed by atoms with Gasteiger partial charge in [-0.25, -0.2) is 0 Å². The van der Waals surface area contributed by atoms with E-state index in [1.807, 2.05) is 31.5 Å². The highest BCUT2D eigenvalue weighted by atomic mass is 15.2. The standard InChI is InChI=1S/C15H22N4/c1-15(11-16,18-14-3-4-14)12-19(2)10-7-13-5-8-17-9-6-13/h5-6,8-9,14,18H,3-4,7,10,12H2,1-2H3. The zero-order valence-electron chi connectivity index (χ0n) is 11.8. The Labute approximate surface area is 115 Å². The third-order valence-electron chi connectivity index (χ3n) is 3.46. The Morgan fingerprint density at radius 1 is 1.47 bits per heavy atom. The second kappa shape index (κ2) is 6.14. The van der Waals surface area contributed by atoms with E-state index in [0.717, 1.165) is 19.5 Å². The van der Waals surface area contributed by atoms with Crippen molar-refractivity contribution in [3.8, 4) is 6.07 Å². The largest absolute Gasteiger partial charge is 0.303 e. The first-order chi connectivity index (χ1) is 9.11. The molecule has 19 heavy (non-hydrogen) atoms. The summed E-state index contributed by atoms with van der Waals surface area (Å²) < 4.78 is 0. The van der Waals surface area contributed by atoms with Gasteiger partial charge in [0.05, 0.1) is 6.07 Å². The minimum Gasteiger partial charge on any atom is -0.303 e. The maximum Gasteiger partial charge on any atom is 0.116 e. The molecule has 1 N–H and O–H groups in total. The molecule has 1 heterocycles. The van der Waals surface area contributed by atoms with E-state index in [9.17, 15) is 5.26 Å². The zero-order chi connectivity index (χ0) is 13.7. The van der Waals surface area contributed by atoms with Gasteiger partial charge in [-0.15, -0.1) is 0 Å². The summed E-state index contributed by atoms with van der Waals surface area (Å²) in [5.41, 5.74) is 0.851. The van der Waals surface area contributed by atoms with Crippen LogP contribution in [0.3, 0.4) is 0 Å². The van der Waals surface area contributed by atoms with Gasteiger partial charge in [-0.3, -0.25) is 10.3 Å². The Hall–Kier alpha value is -1.44. The molecule has 2 rings (SSSR count). The Morgan fingerprint density at radius 2 is 2.16 bits per heavy atom. The number of rotatable bonds is 7. The topological polar surface area (TPSA) is 52.0 Å². The summed E-state index contributed by atoms with van der Waals surface area (Å²) in [6.45, 7) is 3.70. The van der Waals surface area contributed by atoms with Crippen molar-refractivity contribution in [2.45, 2.75) is 37.8 Å². The Morgan fingerprint density at radius 3 is 2.74 bits per heavy atom. The zero-order valence-corrected chi connectivity index (χ0v) is 11.8. The summed E-state index contributed by atoms with van der Waals surface area (Å²) in [6, 6.07) is 7.05. The van der Waals surface area contributed by atoms with Gasteiger partial charge in [-0.1, -0.05) is 0 Å². The number of hydrogen-bond acceptors (Lipinski definition) is 4. The van der Waals surface area contributed by atoms with Gasteiger partial charge < -0.3 is 4.90 Å². The minimum absolute atomic E-state index is 0.436. The summed E-state index contributed by atoms with van der Waals surface area (Å²) in [5.74, 6) is 0. The van der Waals surface area contributed by atoms with E-state index in [1.54, 1.807) is 0 Å². The molecule has 0 amide bonds. The van der Waals surface area contributed by atoms with Crippen molar-refractivity contribution in [3.63, 3.8) is 0 Å². The van der Waals surface area contributed by atoms with Crippen LogP contribution < -0.4 is 5.32 Å². The van der Waals surface area contributed by atoms with E-state index >= 15 is 0 Å². The highest BCUT2D eigenvalue weighted by Gasteiger charge is 2.33. The van der Waals surface area contributed by atoms with Gasteiger partial charge in [-0.2, -0.15) is 5.26 Å². The summed E-state index contributed by atoms with van der Waals surface area (Å²) in [6.07, 6.45) is 7.05. The SMILES string of the molecule is CN(CCc1ccncc1)CC(C)(C#N)NC1CC1. The average Bonchev–Trinajstić information content (AvgIpc) is 3.21. The van der Waals surface area contributed by atoms with Crippen LogP contribution in [0.25, 0.3) is 0 Å². The van der Waals surface area contributed by atoms with Crippen LogP contribution in [0.2, 0.25) is 0 Å². The highest BCUT2D eigenvalue weighted by Crippen LogP contribution is 2.22. The third kappa shape index (κ3) is 4.62. The number of hydrogen-bond donors (Lipinski definition) is 1. The second-order valence-electron chi connectivity index (χ2n) is 5.71. The monoisotopic (exact) mass is 258 g/mol. The molecule has 1 aromatic rings. The molecule has 102 valence electrons. The van der Waals surface area contributed by atoms with Crippen LogP contribution in [0.15, 0.2) is 24.5 Å². The van der Waals surface area contributed by atoms with Gasteiger partial charge >= 0.3 is 0 Å². The van der Waals surface area contributed by atoms with E-state index in [-0.39, 0.29) is 0 Å². The average molecular weight is 258 g/mol. The van der Waals surface area contributed by atoms with Crippen molar-refractivity contribution in [2.24, 2.45) is 0 Å². The molecule has 1 atom stereocenters. The van der Waals surface area contributed by atoms with Crippen LogP contribution >= 0.6 is 0 Å². The first kappa shape index (κ1) is 14.0. The normalized spacial score (nSPS) is 18.0. The van der Waals surface area contributed by atoms with Gasteiger partial charge in [-0.05, 0) is 50.9 Å². The number of aromatic nitrogens is 1. The van der Waals surface area contributed by atoms with Gasteiger partial charge in [0.15, 0.2) is 0 Å². The Kier molecular flexibility index (Phi) is 4.52. The fraction of sp³-hybridized carbons (Fsp3) is 0.600. The van der Waals surface area contributed by atoms with Crippen molar-refractivity contribution in [2.75, 3.05) is 20.1 Å². The molecule has 0 saturated heterocycles. The molecule has 0 aromatic carbocycles. The predicted octanol–water partition coefficient (Wildman–Crippen LogP) is 1.59. The van der Waals surface area contributed by atoms with Crippen LogP contribution in [0.4, 0.5) is 0 Å². The molecule has 4 nitrogen and oxygen atoms in total. The van der Waals surface area contributed by atoms with Crippen LogP contribution in [0.1, 0.15) is 25.3 Å². The summed E-state index contributed by atoms with van der Waals surface area (Å²) in [5, 5.41) is 12.8. The molecule has 4 heteroatoms. The van der Waals surface area contributed by atoms with Crippen LogP contribution in [-0.4, -0.2) is 41.6 Å². The van der Waals surface area contributed by atoms with E-state index in [4.69, 9.17) is 0 Å². The van der Waals surface area contributed by atoms with Crippen molar-refractivity contribution in [1.29, 1.82) is 5.26 Å². The molecule has 1 unspecified atom stereocenters. The lowest BCUT2D eigenvalue weighted by Gasteiger charge is -2.29. The van der Waals surface area contributed by atoms with Crippen molar-refractivity contribution >= 4 is 0 Å². The van der Waals surface area contributed by atoms with Gasteiger partial charge in [0, 0.05) is 31.5 Å². The summed E-state index contributed by atoms with van der Waals surface area (Å²) in [7, 11) is 2.07. The highest BCUT2D eigenvalue weighted by molar-refractivity contribution is 5.11. The fourth-order valence-electron chi connectivity index (χ4n) is 2.28. The minimum atomic E-state index is -0.436. The predicted molar refractivity (Wildman–Crippen MR) is 75.6 cm³/mol. The lowest BCUT2D eigenvalue weighted by molar-refractivity contribution is 0.261. The first-order valence-electron chi connectivity index (χ1n) is 6.88. The quantitative estimate of drug-likeness (QED) is 0.807. The second-order valence-corrected chi connectivity index (χ2v) is 5.71. The molecule has 0 spiro atoms.